The van der Waals surface area contributed by atoms with Crippen molar-refractivity contribution in [3.63, 3.8) is 0 Å². The van der Waals surface area contributed by atoms with Gasteiger partial charge < -0.3 is 10.9 Å². The maximum Gasteiger partial charge on any atom is 0.172 e. The molecule has 0 aliphatic heterocycles. The average Bonchev–Trinajstić information content (AvgIpc) is 2.67. The number of rotatable bonds is 2. The molecule has 0 bridgehead atoms. The summed E-state index contributed by atoms with van der Waals surface area (Å²) in [6.45, 7) is 5.89. The SMILES string of the molecule is Cc1ccc(C(N)=NO)c(-n2nc(C)cc2C)c1. The van der Waals surface area contributed by atoms with Crippen LogP contribution in [0.25, 0.3) is 5.69 Å². The van der Waals surface area contributed by atoms with E-state index in [1.807, 2.05) is 45.0 Å². The fourth-order valence-corrected chi connectivity index (χ4v) is 1.96. The van der Waals surface area contributed by atoms with E-state index < -0.39 is 0 Å². The Kier molecular flexibility index (Phi) is 3.06. The van der Waals surface area contributed by atoms with Crippen molar-refractivity contribution in [1.29, 1.82) is 0 Å². The van der Waals surface area contributed by atoms with Crippen molar-refractivity contribution in [2.45, 2.75) is 20.8 Å². The first-order chi connectivity index (χ1) is 8.52. The predicted molar refractivity (Wildman–Crippen MR) is 70.3 cm³/mol. The predicted octanol–water partition coefficient (Wildman–Crippen LogP) is 1.89. The molecule has 0 saturated heterocycles. The minimum atomic E-state index is 0.0811. The molecule has 0 unspecified atom stereocenters. The van der Waals surface area contributed by atoms with Gasteiger partial charge in [0.1, 0.15) is 0 Å². The molecule has 0 spiro atoms. The van der Waals surface area contributed by atoms with Gasteiger partial charge in [-0.15, -0.1) is 0 Å². The number of aromatic nitrogens is 2. The van der Waals surface area contributed by atoms with Gasteiger partial charge in [-0.05, 0) is 44.5 Å². The highest BCUT2D eigenvalue weighted by Crippen LogP contribution is 2.18. The Morgan fingerprint density at radius 1 is 1.28 bits per heavy atom. The van der Waals surface area contributed by atoms with E-state index in [-0.39, 0.29) is 5.84 Å². The third-order valence-electron chi connectivity index (χ3n) is 2.77. The van der Waals surface area contributed by atoms with E-state index in [0.717, 1.165) is 22.6 Å². The van der Waals surface area contributed by atoms with Crippen molar-refractivity contribution in [2.75, 3.05) is 0 Å². The molecule has 0 amide bonds. The molecular formula is C13H16N4O. The monoisotopic (exact) mass is 244 g/mol. The summed E-state index contributed by atoms with van der Waals surface area (Å²) in [7, 11) is 0. The van der Waals surface area contributed by atoms with Crippen LogP contribution in [0.3, 0.4) is 0 Å². The van der Waals surface area contributed by atoms with E-state index >= 15 is 0 Å². The van der Waals surface area contributed by atoms with E-state index in [2.05, 4.69) is 10.3 Å². The summed E-state index contributed by atoms with van der Waals surface area (Å²) in [6, 6.07) is 7.70. The Hall–Kier alpha value is -2.30. The van der Waals surface area contributed by atoms with Gasteiger partial charge in [0.15, 0.2) is 5.84 Å². The first-order valence-corrected chi connectivity index (χ1v) is 5.65. The molecule has 94 valence electrons. The molecule has 5 heteroatoms. The lowest BCUT2D eigenvalue weighted by Gasteiger charge is -2.11. The fraction of sp³-hybridized carbons (Fsp3) is 0.231. The summed E-state index contributed by atoms with van der Waals surface area (Å²) in [5, 5.41) is 16.3. The van der Waals surface area contributed by atoms with Crippen molar-refractivity contribution >= 4 is 5.84 Å². The lowest BCUT2D eigenvalue weighted by Crippen LogP contribution is -2.17. The molecule has 1 aromatic carbocycles. The van der Waals surface area contributed by atoms with Crippen molar-refractivity contribution in [2.24, 2.45) is 10.9 Å². The summed E-state index contributed by atoms with van der Waals surface area (Å²) >= 11 is 0. The number of nitrogens with zero attached hydrogens (tertiary/aromatic N) is 3. The molecule has 0 atom stereocenters. The molecule has 0 radical (unpaired) electrons. The number of amidine groups is 1. The number of oxime groups is 1. The number of benzene rings is 1. The van der Waals surface area contributed by atoms with Crippen LogP contribution in [0.4, 0.5) is 0 Å². The van der Waals surface area contributed by atoms with Crippen LogP contribution in [0, 0.1) is 20.8 Å². The lowest BCUT2D eigenvalue weighted by molar-refractivity contribution is 0.318. The van der Waals surface area contributed by atoms with Gasteiger partial charge in [0.05, 0.1) is 11.4 Å². The number of hydrogen-bond donors (Lipinski definition) is 2. The molecule has 0 aliphatic carbocycles. The summed E-state index contributed by atoms with van der Waals surface area (Å²) in [5.74, 6) is 0.0811. The van der Waals surface area contributed by atoms with E-state index in [0.29, 0.717) is 5.56 Å². The Bertz CT molecular complexity index is 613. The largest absolute Gasteiger partial charge is 0.409 e. The molecule has 0 saturated carbocycles. The van der Waals surface area contributed by atoms with Gasteiger partial charge in [0, 0.05) is 11.3 Å². The number of aryl methyl sites for hydroxylation is 3. The van der Waals surface area contributed by atoms with Crippen LogP contribution in [0.2, 0.25) is 0 Å². The van der Waals surface area contributed by atoms with Crippen molar-refractivity contribution in [1.82, 2.24) is 9.78 Å². The van der Waals surface area contributed by atoms with Gasteiger partial charge in [0.25, 0.3) is 0 Å². The summed E-state index contributed by atoms with van der Waals surface area (Å²) in [6.07, 6.45) is 0. The second-order valence-corrected chi connectivity index (χ2v) is 4.34. The lowest BCUT2D eigenvalue weighted by atomic mass is 10.1. The standard InChI is InChI=1S/C13H16N4O/c1-8-4-5-11(13(14)16-18)12(6-8)17-10(3)7-9(2)15-17/h4-7,18H,1-3H3,(H2,14,16). The van der Waals surface area contributed by atoms with Gasteiger partial charge in [-0.2, -0.15) is 5.10 Å². The molecule has 1 aromatic heterocycles. The van der Waals surface area contributed by atoms with Crippen LogP contribution in [0.5, 0.6) is 0 Å². The van der Waals surface area contributed by atoms with Crippen LogP contribution in [0.15, 0.2) is 29.4 Å². The Morgan fingerprint density at radius 2 is 2.00 bits per heavy atom. The highest BCUT2D eigenvalue weighted by atomic mass is 16.4. The first kappa shape index (κ1) is 12.2. The quantitative estimate of drug-likeness (QED) is 0.366. The zero-order valence-electron chi connectivity index (χ0n) is 10.7. The Labute approximate surface area is 106 Å². The zero-order chi connectivity index (χ0) is 13.3. The smallest absolute Gasteiger partial charge is 0.172 e. The zero-order valence-corrected chi connectivity index (χ0v) is 10.7. The van der Waals surface area contributed by atoms with Crippen molar-refractivity contribution in [3.05, 3.63) is 46.8 Å². The van der Waals surface area contributed by atoms with E-state index in [9.17, 15) is 0 Å². The third-order valence-corrected chi connectivity index (χ3v) is 2.77. The molecule has 1 heterocycles. The molecule has 0 fully saturated rings. The highest BCUT2D eigenvalue weighted by molar-refractivity contribution is 6.00. The van der Waals surface area contributed by atoms with E-state index in [1.165, 1.54) is 0 Å². The van der Waals surface area contributed by atoms with Gasteiger partial charge in [0.2, 0.25) is 0 Å². The maximum atomic E-state index is 8.84. The van der Waals surface area contributed by atoms with Gasteiger partial charge in [-0.1, -0.05) is 11.2 Å². The Morgan fingerprint density at radius 3 is 2.56 bits per heavy atom. The summed E-state index contributed by atoms with van der Waals surface area (Å²) < 4.78 is 1.80. The van der Waals surface area contributed by atoms with E-state index in [1.54, 1.807) is 4.68 Å². The molecule has 18 heavy (non-hydrogen) atoms. The second kappa shape index (κ2) is 4.52. The topological polar surface area (TPSA) is 76.4 Å². The number of hydrogen-bond acceptors (Lipinski definition) is 3. The summed E-state index contributed by atoms with van der Waals surface area (Å²) in [4.78, 5) is 0. The molecular weight excluding hydrogens is 228 g/mol. The fourth-order valence-electron chi connectivity index (χ4n) is 1.96. The second-order valence-electron chi connectivity index (χ2n) is 4.34. The summed E-state index contributed by atoms with van der Waals surface area (Å²) in [5.41, 5.74) is 10.2. The minimum absolute atomic E-state index is 0.0811. The average molecular weight is 244 g/mol. The van der Waals surface area contributed by atoms with Crippen LogP contribution in [-0.4, -0.2) is 20.8 Å². The Balaban J connectivity index is 2.69. The van der Waals surface area contributed by atoms with Gasteiger partial charge in [-0.25, -0.2) is 4.68 Å². The third kappa shape index (κ3) is 2.07. The molecule has 5 nitrogen and oxygen atoms in total. The van der Waals surface area contributed by atoms with Crippen LogP contribution >= 0.6 is 0 Å². The maximum absolute atomic E-state index is 8.84. The minimum Gasteiger partial charge on any atom is -0.409 e. The van der Waals surface area contributed by atoms with E-state index in [4.69, 9.17) is 10.9 Å². The molecule has 2 aromatic rings. The first-order valence-electron chi connectivity index (χ1n) is 5.65. The number of nitrogens with two attached hydrogens (primary N) is 1. The van der Waals surface area contributed by atoms with Crippen LogP contribution in [-0.2, 0) is 0 Å². The van der Waals surface area contributed by atoms with Crippen LogP contribution in [0.1, 0.15) is 22.5 Å². The molecule has 0 aliphatic rings. The molecule has 3 N–H and O–H groups in total. The van der Waals surface area contributed by atoms with Crippen molar-refractivity contribution in [3.8, 4) is 5.69 Å². The van der Waals surface area contributed by atoms with Crippen molar-refractivity contribution < 1.29 is 5.21 Å². The normalized spacial score (nSPS) is 11.8. The van der Waals surface area contributed by atoms with Gasteiger partial charge in [-0.3, -0.25) is 0 Å². The van der Waals surface area contributed by atoms with Gasteiger partial charge >= 0.3 is 0 Å². The highest BCUT2D eigenvalue weighted by Gasteiger charge is 2.12. The van der Waals surface area contributed by atoms with Crippen LogP contribution < -0.4 is 5.73 Å². The molecule has 2 rings (SSSR count).